The fraction of sp³-hybridized carbons (Fsp3) is 0.619. The number of anilines is 1. The molecule has 4 bridgehead atoms. The molecule has 4 fully saturated rings. The van der Waals surface area contributed by atoms with Crippen LogP contribution >= 0.6 is 0 Å². The summed E-state index contributed by atoms with van der Waals surface area (Å²) in [5, 5.41) is 18.0. The fourth-order valence-electron chi connectivity index (χ4n) is 5.81. The van der Waals surface area contributed by atoms with Crippen molar-refractivity contribution in [3.05, 3.63) is 29.8 Å². The summed E-state index contributed by atoms with van der Waals surface area (Å²) in [5.74, 6) is 2.21. The second-order valence-electron chi connectivity index (χ2n) is 8.74. The van der Waals surface area contributed by atoms with Gasteiger partial charge in [-0.05, 0) is 74.0 Å². The summed E-state index contributed by atoms with van der Waals surface area (Å²) >= 11 is 0. The first-order valence-corrected chi connectivity index (χ1v) is 10.1. The molecular weight excluding hydrogens is 342 g/mol. The molecule has 0 radical (unpaired) electrons. The molecule has 0 saturated heterocycles. The Labute approximate surface area is 160 Å². The van der Waals surface area contributed by atoms with E-state index < -0.39 is 0 Å². The lowest BCUT2D eigenvalue weighted by Gasteiger charge is -2.56. The lowest BCUT2D eigenvalue weighted by atomic mass is 9.53. The fourth-order valence-corrected chi connectivity index (χ4v) is 5.81. The number of aliphatic hydroxyl groups is 1. The first-order chi connectivity index (χ1) is 13.0. The van der Waals surface area contributed by atoms with E-state index in [9.17, 15) is 9.59 Å². The van der Waals surface area contributed by atoms with E-state index in [2.05, 4.69) is 16.0 Å². The molecule has 4 saturated carbocycles. The number of nitrogens with one attached hydrogen (secondary N) is 3. The normalized spacial score (nSPS) is 30.8. The van der Waals surface area contributed by atoms with E-state index in [-0.39, 0.29) is 30.5 Å². The number of carbonyl (C=O) groups excluding carboxylic acids is 2. The number of urea groups is 1. The quantitative estimate of drug-likeness (QED) is 0.620. The van der Waals surface area contributed by atoms with Crippen molar-refractivity contribution in [2.24, 2.45) is 17.8 Å². The van der Waals surface area contributed by atoms with Crippen molar-refractivity contribution in [1.82, 2.24) is 10.6 Å². The Bertz CT molecular complexity index is 683. The van der Waals surface area contributed by atoms with Crippen LogP contribution in [0.25, 0.3) is 0 Å². The van der Waals surface area contributed by atoms with E-state index in [0.29, 0.717) is 12.2 Å². The van der Waals surface area contributed by atoms with Gasteiger partial charge >= 0.3 is 6.03 Å². The van der Waals surface area contributed by atoms with E-state index in [1.165, 1.54) is 19.3 Å². The standard InChI is InChI=1S/C21H29N3O3/c25-13-14-2-1-3-18(9-14)23-19(26)4-5-22-20(27)24-21-10-15-6-16(11-21)8-17(7-15)12-21/h1-3,9,15-17,25H,4-8,10-13H2,(H,23,26)(H2,22,24,27). The van der Waals surface area contributed by atoms with Crippen LogP contribution in [0, 0.1) is 17.8 Å². The predicted molar refractivity (Wildman–Crippen MR) is 103 cm³/mol. The van der Waals surface area contributed by atoms with Crippen LogP contribution in [0.4, 0.5) is 10.5 Å². The zero-order chi connectivity index (χ0) is 18.9. The van der Waals surface area contributed by atoms with Gasteiger partial charge in [-0.1, -0.05) is 12.1 Å². The molecule has 0 spiro atoms. The highest BCUT2D eigenvalue weighted by Gasteiger charge is 2.51. The molecule has 6 heteroatoms. The van der Waals surface area contributed by atoms with E-state index in [1.807, 2.05) is 0 Å². The van der Waals surface area contributed by atoms with Gasteiger partial charge in [0.25, 0.3) is 0 Å². The Kier molecular flexibility index (Phi) is 5.08. The molecule has 5 rings (SSSR count). The number of hydrogen-bond donors (Lipinski definition) is 4. The number of benzene rings is 1. The highest BCUT2D eigenvalue weighted by atomic mass is 16.3. The molecule has 0 atom stereocenters. The first-order valence-electron chi connectivity index (χ1n) is 10.1. The third-order valence-electron chi connectivity index (χ3n) is 6.45. The van der Waals surface area contributed by atoms with Gasteiger partial charge in [0.1, 0.15) is 0 Å². The Morgan fingerprint density at radius 3 is 2.37 bits per heavy atom. The molecule has 1 aromatic rings. The number of aliphatic hydroxyl groups excluding tert-OH is 1. The maximum atomic E-state index is 12.4. The second-order valence-corrected chi connectivity index (χ2v) is 8.74. The lowest BCUT2D eigenvalue weighted by molar-refractivity contribution is -0.116. The summed E-state index contributed by atoms with van der Waals surface area (Å²) < 4.78 is 0. The minimum Gasteiger partial charge on any atom is -0.392 e. The van der Waals surface area contributed by atoms with Crippen molar-refractivity contribution in [3.8, 4) is 0 Å². The van der Waals surface area contributed by atoms with Crippen molar-refractivity contribution >= 4 is 17.6 Å². The lowest BCUT2D eigenvalue weighted by Crippen LogP contribution is -2.61. The van der Waals surface area contributed by atoms with Gasteiger partial charge in [0.05, 0.1) is 6.61 Å². The van der Waals surface area contributed by atoms with Crippen molar-refractivity contribution in [3.63, 3.8) is 0 Å². The minimum atomic E-state index is -0.153. The van der Waals surface area contributed by atoms with Crippen LogP contribution in [0.15, 0.2) is 24.3 Å². The van der Waals surface area contributed by atoms with Gasteiger partial charge in [-0.3, -0.25) is 4.79 Å². The van der Waals surface area contributed by atoms with E-state index >= 15 is 0 Å². The average Bonchev–Trinajstić information content (AvgIpc) is 2.60. The summed E-state index contributed by atoms with van der Waals surface area (Å²) in [6, 6.07) is 6.96. The van der Waals surface area contributed by atoms with Crippen molar-refractivity contribution < 1.29 is 14.7 Å². The predicted octanol–water partition coefficient (Wildman–Crippen LogP) is 2.78. The van der Waals surface area contributed by atoms with Crippen LogP contribution in [0.3, 0.4) is 0 Å². The zero-order valence-corrected chi connectivity index (χ0v) is 15.7. The van der Waals surface area contributed by atoms with Gasteiger partial charge in [-0.15, -0.1) is 0 Å². The van der Waals surface area contributed by atoms with Crippen LogP contribution in [0.2, 0.25) is 0 Å². The van der Waals surface area contributed by atoms with Crippen LogP contribution in [0.1, 0.15) is 50.5 Å². The second kappa shape index (κ2) is 7.50. The Morgan fingerprint density at radius 2 is 1.74 bits per heavy atom. The molecule has 0 aromatic heterocycles. The summed E-state index contributed by atoms with van der Waals surface area (Å²) in [7, 11) is 0. The Hall–Kier alpha value is -2.08. The topological polar surface area (TPSA) is 90.5 Å². The number of carbonyl (C=O) groups is 2. The van der Waals surface area contributed by atoms with Crippen molar-refractivity contribution in [1.29, 1.82) is 0 Å². The van der Waals surface area contributed by atoms with E-state index in [4.69, 9.17) is 5.11 Å². The van der Waals surface area contributed by atoms with Gasteiger partial charge in [-0.2, -0.15) is 0 Å². The van der Waals surface area contributed by atoms with Crippen molar-refractivity contribution in [2.45, 2.75) is 57.1 Å². The van der Waals surface area contributed by atoms with Crippen LogP contribution in [-0.4, -0.2) is 29.1 Å². The number of rotatable bonds is 6. The molecule has 6 nitrogen and oxygen atoms in total. The molecule has 4 aliphatic carbocycles. The van der Waals surface area contributed by atoms with Gasteiger partial charge in [0.15, 0.2) is 0 Å². The maximum Gasteiger partial charge on any atom is 0.315 e. The van der Waals surface area contributed by atoms with Crippen molar-refractivity contribution in [2.75, 3.05) is 11.9 Å². The Morgan fingerprint density at radius 1 is 1.07 bits per heavy atom. The molecule has 0 aliphatic heterocycles. The van der Waals surface area contributed by atoms with Gasteiger partial charge < -0.3 is 21.1 Å². The van der Waals surface area contributed by atoms with Gasteiger partial charge in [0, 0.05) is 24.2 Å². The molecule has 4 N–H and O–H groups in total. The number of hydrogen-bond acceptors (Lipinski definition) is 3. The third-order valence-corrected chi connectivity index (χ3v) is 6.45. The summed E-state index contributed by atoms with van der Waals surface area (Å²) in [4.78, 5) is 24.4. The largest absolute Gasteiger partial charge is 0.392 e. The smallest absolute Gasteiger partial charge is 0.315 e. The summed E-state index contributed by atoms with van der Waals surface area (Å²) in [6.45, 7) is 0.249. The SMILES string of the molecule is O=C(CCNC(=O)NC12CC3CC(CC(C3)C1)C2)Nc1cccc(CO)c1. The zero-order valence-electron chi connectivity index (χ0n) is 15.7. The molecule has 27 heavy (non-hydrogen) atoms. The minimum absolute atomic E-state index is 0.00811. The molecule has 1 aromatic carbocycles. The van der Waals surface area contributed by atoms with E-state index in [1.54, 1.807) is 24.3 Å². The molecule has 0 unspecified atom stereocenters. The monoisotopic (exact) mass is 371 g/mol. The number of amides is 3. The van der Waals surface area contributed by atoms with Crippen LogP contribution in [0.5, 0.6) is 0 Å². The Balaban J connectivity index is 1.21. The third kappa shape index (κ3) is 4.26. The summed E-state index contributed by atoms with van der Waals surface area (Å²) in [5.41, 5.74) is 1.40. The van der Waals surface area contributed by atoms with Crippen LogP contribution in [-0.2, 0) is 11.4 Å². The highest BCUT2D eigenvalue weighted by molar-refractivity contribution is 5.91. The maximum absolute atomic E-state index is 12.4. The summed E-state index contributed by atoms with van der Waals surface area (Å²) in [6.07, 6.45) is 7.62. The highest BCUT2D eigenvalue weighted by Crippen LogP contribution is 2.55. The molecule has 146 valence electrons. The van der Waals surface area contributed by atoms with Gasteiger partial charge in [-0.25, -0.2) is 4.79 Å². The van der Waals surface area contributed by atoms with Gasteiger partial charge in [0.2, 0.25) is 5.91 Å². The molecule has 4 aliphatic rings. The van der Waals surface area contributed by atoms with Crippen LogP contribution < -0.4 is 16.0 Å². The molecular formula is C21H29N3O3. The average molecular weight is 371 g/mol. The first kappa shape index (κ1) is 18.3. The van der Waals surface area contributed by atoms with E-state index in [0.717, 1.165) is 42.6 Å². The molecule has 0 heterocycles. The molecule has 3 amide bonds.